The van der Waals surface area contributed by atoms with Gasteiger partial charge in [-0.3, -0.25) is 4.98 Å². The predicted molar refractivity (Wildman–Crippen MR) is 98.7 cm³/mol. The van der Waals surface area contributed by atoms with E-state index in [-0.39, 0.29) is 0 Å². The zero-order valence-electron chi connectivity index (χ0n) is 13.4. The molecule has 25 heavy (non-hydrogen) atoms. The summed E-state index contributed by atoms with van der Waals surface area (Å²) in [6, 6.07) is 17.8. The standard InChI is InChI=1S/C19H16N6/c20-17-8-7-15-18(23-12-24-19(15)25-17)22-11-13-4-3-5-14(10-13)16-6-1-2-9-21-16/h1-10,12H,11H2,(H3,20,22,23,24,25). The SMILES string of the molecule is Nc1ccc2c(NCc3cccc(-c4ccccn4)c3)ncnc2n1. The van der Waals surface area contributed by atoms with Crippen LogP contribution in [0.2, 0.25) is 0 Å². The minimum atomic E-state index is 0.445. The van der Waals surface area contributed by atoms with Gasteiger partial charge < -0.3 is 11.1 Å². The normalized spacial score (nSPS) is 10.7. The van der Waals surface area contributed by atoms with Gasteiger partial charge in [-0.1, -0.05) is 24.3 Å². The number of pyridine rings is 2. The van der Waals surface area contributed by atoms with E-state index < -0.39 is 0 Å². The van der Waals surface area contributed by atoms with E-state index in [9.17, 15) is 0 Å². The first kappa shape index (κ1) is 15.0. The number of aromatic nitrogens is 4. The van der Waals surface area contributed by atoms with Crippen molar-refractivity contribution >= 4 is 22.7 Å². The number of nitrogen functional groups attached to an aromatic ring is 1. The Labute approximate surface area is 144 Å². The Hall–Kier alpha value is -3.54. The highest BCUT2D eigenvalue weighted by Crippen LogP contribution is 2.21. The van der Waals surface area contributed by atoms with Gasteiger partial charge in [0.1, 0.15) is 18.0 Å². The zero-order chi connectivity index (χ0) is 17.1. The molecule has 0 saturated heterocycles. The van der Waals surface area contributed by atoms with Crippen LogP contribution in [-0.4, -0.2) is 19.9 Å². The van der Waals surface area contributed by atoms with Crippen LogP contribution in [0.15, 0.2) is 67.1 Å². The first-order valence-electron chi connectivity index (χ1n) is 7.91. The van der Waals surface area contributed by atoms with Gasteiger partial charge in [0.2, 0.25) is 0 Å². The van der Waals surface area contributed by atoms with Crippen molar-refractivity contribution in [2.45, 2.75) is 6.54 Å². The van der Waals surface area contributed by atoms with Gasteiger partial charge in [0.05, 0.1) is 11.1 Å². The van der Waals surface area contributed by atoms with Crippen LogP contribution in [0.25, 0.3) is 22.3 Å². The summed E-state index contributed by atoms with van der Waals surface area (Å²) in [6.07, 6.45) is 3.29. The highest BCUT2D eigenvalue weighted by molar-refractivity contribution is 5.87. The molecule has 3 heterocycles. The summed E-state index contributed by atoms with van der Waals surface area (Å²) >= 11 is 0. The second-order valence-electron chi connectivity index (χ2n) is 5.60. The molecule has 0 radical (unpaired) electrons. The fourth-order valence-corrected chi connectivity index (χ4v) is 2.66. The van der Waals surface area contributed by atoms with Crippen molar-refractivity contribution in [3.63, 3.8) is 0 Å². The van der Waals surface area contributed by atoms with E-state index in [1.54, 1.807) is 12.3 Å². The van der Waals surface area contributed by atoms with E-state index in [1.807, 2.05) is 30.3 Å². The van der Waals surface area contributed by atoms with E-state index in [4.69, 9.17) is 5.73 Å². The number of benzene rings is 1. The number of anilines is 2. The fourth-order valence-electron chi connectivity index (χ4n) is 2.66. The van der Waals surface area contributed by atoms with Crippen molar-refractivity contribution < 1.29 is 0 Å². The van der Waals surface area contributed by atoms with Crippen molar-refractivity contribution in [2.75, 3.05) is 11.1 Å². The molecule has 122 valence electrons. The van der Waals surface area contributed by atoms with Crippen molar-refractivity contribution in [1.82, 2.24) is 19.9 Å². The molecule has 4 aromatic rings. The van der Waals surface area contributed by atoms with E-state index in [1.165, 1.54) is 6.33 Å². The number of fused-ring (bicyclic) bond motifs is 1. The quantitative estimate of drug-likeness (QED) is 0.597. The van der Waals surface area contributed by atoms with Gasteiger partial charge in [-0.25, -0.2) is 15.0 Å². The van der Waals surface area contributed by atoms with Crippen molar-refractivity contribution in [1.29, 1.82) is 0 Å². The molecule has 0 fully saturated rings. The Morgan fingerprint density at radius 3 is 2.76 bits per heavy atom. The monoisotopic (exact) mass is 328 g/mol. The Morgan fingerprint density at radius 1 is 0.920 bits per heavy atom. The molecule has 0 amide bonds. The van der Waals surface area contributed by atoms with Gasteiger partial charge in [-0.05, 0) is 35.9 Å². The van der Waals surface area contributed by atoms with E-state index in [0.717, 1.165) is 28.0 Å². The molecule has 0 unspecified atom stereocenters. The van der Waals surface area contributed by atoms with Gasteiger partial charge in [0, 0.05) is 18.3 Å². The molecule has 3 N–H and O–H groups in total. The van der Waals surface area contributed by atoms with Gasteiger partial charge in [0.15, 0.2) is 5.65 Å². The van der Waals surface area contributed by atoms with Crippen LogP contribution in [0.4, 0.5) is 11.6 Å². The number of rotatable bonds is 4. The summed E-state index contributed by atoms with van der Waals surface area (Å²) in [5.74, 6) is 1.18. The third kappa shape index (κ3) is 3.23. The smallest absolute Gasteiger partial charge is 0.166 e. The van der Waals surface area contributed by atoms with Crippen molar-refractivity contribution in [3.8, 4) is 11.3 Å². The Morgan fingerprint density at radius 2 is 1.88 bits per heavy atom. The molecule has 0 spiro atoms. The van der Waals surface area contributed by atoms with Crippen molar-refractivity contribution in [3.05, 3.63) is 72.7 Å². The van der Waals surface area contributed by atoms with Crippen LogP contribution in [0.3, 0.4) is 0 Å². The molecule has 0 aliphatic carbocycles. The molecule has 1 aromatic carbocycles. The molecule has 3 aromatic heterocycles. The number of nitrogens with one attached hydrogen (secondary N) is 1. The van der Waals surface area contributed by atoms with E-state index >= 15 is 0 Å². The average molecular weight is 328 g/mol. The zero-order valence-corrected chi connectivity index (χ0v) is 13.4. The summed E-state index contributed by atoms with van der Waals surface area (Å²) < 4.78 is 0. The maximum Gasteiger partial charge on any atom is 0.166 e. The minimum Gasteiger partial charge on any atom is -0.384 e. The topological polar surface area (TPSA) is 89.6 Å². The highest BCUT2D eigenvalue weighted by Gasteiger charge is 2.06. The molecule has 0 saturated carbocycles. The first-order valence-corrected chi connectivity index (χ1v) is 7.91. The fraction of sp³-hybridized carbons (Fsp3) is 0.0526. The van der Waals surface area contributed by atoms with Crippen LogP contribution in [0.1, 0.15) is 5.56 Å². The second-order valence-corrected chi connectivity index (χ2v) is 5.60. The molecule has 0 atom stereocenters. The van der Waals surface area contributed by atoms with Gasteiger partial charge in [-0.2, -0.15) is 0 Å². The average Bonchev–Trinajstić information content (AvgIpc) is 2.67. The molecule has 0 aliphatic heterocycles. The molecular formula is C19H16N6. The van der Waals surface area contributed by atoms with Crippen molar-refractivity contribution in [2.24, 2.45) is 0 Å². The molecular weight excluding hydrogens is 312 g/mol. The number of hydrogen-bond acceptors (Lipinski definition) is 6. The second kappa shape index (κ2) is 6.52. The highest BCUT2D eigenvalue weighted by atomic mass is 15.0. The molecule has 6 heteroatoms. The molecule has 0 aliphatic rings. The van der Waals surface area contributed by atoms with Crippen LogP contribution in [0, 0.1) is 0 Å². The summed E-state index contributed by atoms with van der Waals surface area (Å²) in [7, 11) is 0. The van der Waals surface area contributed by atoms with Gasteiger partial charge in [0.25, 0.3) is 0 Å². The summed E-state index contributed by atoms with van der Waals surface area (Å²) in [5.41, 5.74) is 9.47. The lowest BCUT2D eigenvalue weighted by atomic mass is 10.1. The number of hydrogen-bond donors (Lipinski definition) is 2. The lowest BCUT2D eigenvalue weighted by Gasteiger charge is -2.09. The summed E-state index contributed by atoms with van der Waals surface area (Å²) in [4.78, 5) is 17.1. The van der Waals surface area contributed by atoms with Gasteiger partial charge >= 0.3 is 0 Å². The maximum atomic E-state index is 5.71. The third-order valence-corrected chi connectivity index (χ3v) is 3.87. The minimum absolute atomic E-state index is 0.445. The van der Waals surface area contributed by atoms with Crippen LogP contribution in [-0.2, 0) is 6.54 Å². The van der Waals surface area contributed by atoms with Crippen LogP contribution < -0.4 is 11.1 Å². The van der Waals surface area contributed by atoms with E-state index in [0.29, 0.717) is 18.0 Å². The Bertz CT molecular complexity index is 1020. The lowest BCUT2D eigenvalue weighted by Crippen LogP contribution is -2.03. The third-order valence-electron chi connectivity index (χ3n) is 3.87. The summed E-state index contributed by atoms with van der Waals surface area (Å²) in [5, 5.41) is 4.19. The molecule has 4 rings (SSSR count). The molecule has 0 bridgehead atoms. The number of nitrogens with zero attached hydrogens (tertiary/aromatic N) is 4. The van der Waals surface area contributed by atoms with Crippen LogP contribution >= 0.6 is 0 Å². The predicted octanol–water partition coefficient (Wildman–Crippen LogP) is 3.28. The largest absolute Gasteiger partial charge is 0.384 e. The van der Waals surface area contributed by atoms with Crippen LogP contribution in [0.5, 0.6) is 0 Å². The van der Waals surface area contributed by atoms with Gasteiger partial charge in [-0.15, -0.1) is 0 Å². The molecule has 6 nitrogen and oxygen atoms in total. The maximum absolute atomic E-state index is 5.71. The Kier molecular flexibility index (Phi) is 3.92. The first-order chi connectivity index (χ1) is 12.3. The number of nitrogens with two attached hydrogens (primary N) is 1. The summed E-state index contributed by atoms with van der Waals surface area (Å²) in [6.45, 7) is 0.636. The van der Waals surface area contributed by atoms with E-state index in [2.05, 4.69) is 43.5 Å². The lowest BCUT2D eigenvalue weighted by molar-refractivity contribution is 1.09. The Balaban J connectivity index is 1.58.